The molecule has 0 fully saturated rings. The molecule has 0 radical (unpaired) electrons. The Morgan fingerprint density at radius 2 is 2.24 bits per heavy atom. The van der Waals surface area contributed by atoms with Gasteiger partial charge >= 0.3 is 0 Å². The number of carbonyl (C=O) groups is 1. The molecule has 1 amide bonds. The van der Waals surface area contributed by atoms with E-state index in [0.29, 0.717) is 5.69 Å². The van der Waals surface area contributed by atoms with E-state index in [-0.39, 0.29) is 18.6 Å². The Kier molecular flexibility index (Phi) is 3.78. The van der Waals surface area contributed by atoms with Gasteiger partial charge in [0.2, 0.25) is 0 Å². The Morgan fingerprint density at radius 3 is 3.00 bits per heavy atom. The molecule has 94 valence electrons. The van der Waals surface area contributed by atoms with Crippen LogP contribution in [0.3, 0.4) is 0 Å². The van der Waals surface area contributed by atoms with Crippen LogP contribution in [0, 0.1) is 0 Å². The van der Waals surface area contributed by atoms with Crippen LogP contribution in [0.25, 0.3) is 0 Å². The van der Waals surface area contributed by atoms with E-state index in [1.165, 1.54) is 6.42 Å². The quantitative estimate of drug-likeness (QED) is 0.680. The number of nitrogens with one attached hydrogen (secondary N) is 2. The predicted octanol–water partition coefficient (Wildman–Crippen LogP) is 0.789. The van der Waals surface area contributed by atoms with Crippen LogP contribution in [0.5, 0.6) is 0 Å². The van der Waals surface area contributed by atoms with Crippen molar-refractivity contribution in [2.75, 3.05) is 6.61 Å². The van der Waals surface area contributed by atoms with E-state index in [1.54, 1.807) is 6.92 Å². The van der Waals surface area contributed by atoms with Crippen molar-refractivity contribution in [3.8, 4) is 0 Å². The fourth-order valence-electron chi connectivity index (χ4n) is 2.18. The number of aryl methyl sites for hydroxylation is 1. The van der Waals surface area contributed by atoms with Crippen LogP contribution in [0.1, 0.15) is 47.9 Å². The number of rotatable bonds is 3. The van der Waals surface area contributed by atoms with Crippen molar-refractivity contribution in [1.82, 2.24) is 15.5 Å². The second-order valence-electron chi connectivity index (χ2n) is 4.65. The van der Waals surface area contributed by atoms with Crippen LogP contribution >= 0.6 is 0 Å². The molecular weight excluding hydrogens is 218 g/mol. The Labute approximate surface area is 101 Å². The molecule has 0 spiro atoms. The number of hydrogen-bond acceptors (Lipinski definition) is 3. The fourth-order valence-corrected chi connectivity index (χ4v) is 2.18. The third kappa shape index (κ3) is 2.66. The van der Waals surface area contributed by atoms with Gasteiger partial charge in [-0.05, 0) is 32.6 Å². The molecule has 1 aliphatic carbocycles. The number of carbonyl (C=O) groups excluding carboxylic acids is 1. The topological polar surface area (TPSA) is 78.0 Å². The molecule has 0 aliphatic heterocycles. The highest BCUT2D eigenvalue weighted by atomic mass is 16.3. The Hall–Kier alpha value is -1.36. The maximum atomic E-state index is 12.0. The second kappa shape index (κ2) is 5.31. The molecule has 1 atom stereocenters. The van der Waals surface area contributed by atoms with Crippen LogP contribution in [0.2, 0.25) is 0 Å². The number of aliphatic hydroxyl groups excluding tert-OH is 1. The second-order valence-corrected chi connectivity index (χ2v) is 4.65. The van der Waals surface area contributed by atoms with Crippen LogP contribution in [-0.4, -0.2) is 33.9 Å². The van der Waals surface area contributed by atoms with Gasteiger partial charge in [-0.1, -0.05) is 6.42 Å². The highest BCUT2D eigenvalue weighted by Gasteiger charge is 2.21. The van der Waals surface area contributed by atoms with Gasteiger partial charge in [0.05, 0.1) is 6.61 Å². The molecule has 0 saturated carbocycles. The SMILES string of the molecule is CC(CO)NC(=O)c1n[nH]c2c1CCCCC2. The molecule has 1 heterocycles. The van der Waals surface area contributed by atoms with Gasteiger partial charge in [0, 0.05) is 17.3 Å². The monoisotopic (exact) mass is 237 g/mol. The van der Waals surface area contributed by atoms with Gasteiger partial charge < -0.3 is 10.4 Å². The zero-order valence-corrected chi connectivity index (χ0v) is 10.1. The lowest BCUT2D eigenvalue weighted by molar-refractivity contribution is 0.0916. The summed E-state index contributed by atoms with van der Waals surface area (Å²) in [6.45, 7) is 1.71. The first-order valence-electron chi connectivity index (χ1n) is 6.20. The van der Waals surface area contributed by atoms with E-state index in [4.69, 9.17) is 5.11 Å². The van der Waals surface area contributed by atoms with Gasteiger partial charge in [-0.25, -0.2) is 0 Å². The first-order valence-corrected chi connectivity index (χ1v) is 6.20. The minimum atomic E-state index is -0.236. The Bertz CT molecular complexity index is 400. The van der Waals surface area contributed by atoms with Crippen molar-refractivity contribution in [2.45, 2.75) is 45.1 Å². The van der Waals surface area contributed by atoms with E-state index >= 15 is 0 Å². The van der Waals surface area contributed by atoms with E-state index < -0.39 is 0 Å². The van der Waals surface area contributed by atoms with Gasteiger partial charge in [-0.15, -0.1) is 0 Å². The van der Waals surface area contributed by atoms with Crippen LogP contribution in [0.4, 0.5) is 0 Å². The van der Waals surface area contributed by atoms with Crippen molar-refractivity contribution >= 4 is 5.91 Å². The van der Waals surface area contributed by atoms with Gasteiger partial charge in [0.25, 0.3) is 5.91 Å². The van der Waals surface area contributed by atoms with E-state index in [1.807, 2.05) is 0 Å². The van der Waals surface area contributed by atoms with E-state index in [2.05, 4.69) is 15.5 Å². The summed E-state index contributed by atoms with van der Waals surface area (Å²) in [6.07, 6.45) is 5.37. The summed E-state index contributed by atoms with van der Waals surface area (Å²) in [4.78, 5) is 12.0. The van der Waals surface area contributed by atoms with Gasteiger partial charge in [0.15, 0.2) is 5.69 Å². The molecule has 1 aromatic heterocycles. The number of aromatic nitrogens is 2. The van der Waals surface area contributed by atoms with Gasteiger partial charge in [-0.3, -0.25) is 9.89 Å². The van der Waals surface area contributed by atoms with Crippen molar-refractivity contribution < 1.29 is 9.90 Å². The van der Waals surface area contributed by atoms with Crippen molar-refractivity contribution in [2.24, 2.45) is 0 Å². The molecule has 1 unspecified atom stereocenters. The first kappa shape index (κ1) is 12.1. The number of H-pyrrole nitrogens is 1. The number of amides is 1. The summed E-state index contributed by atoms with van der Waals surface area (Å²) in [5, 5.41) is 18.7. The lowest BCUT2D eigenvalue weighted by atomic mass is 10.1. The summed E-state index contributed by atoms with van der Waals surface area (Å²) in [7, 11) is 0. The fraction of sp³-hybridized carbons (Fsp3) is 0.667. The average Bonchev–Trinajstić information content (AvgIpc) is 2.58. The van der Waals surface area contributed by atoms with E-state index in [0.717, 1.165) is 36.9 Å². The number of fused-ring (bicyclic) bond motifs is 1. The first-order chi connectivity index (χ1) is 8.22. The lowest BCUT2D eigenvalue weighted by Crippen LogP contribution is -2.35. The van der Waals surface area contributed by atoms with Crippen molar-refractivity contribution in [3.63, 3.8) is 0 Å². The standard InChI is InChI=1S/C12H19N3O2/c1-8(7-16)13-12(17)11-9-5-3-2-4-6-10(9)14-15-11/h8,16H,2-7H2,1H3,(H,13,17)(H,14,15). The number of aliphatic hydroxyl groups is 1. The van der Waals surface area contributed by atoms with Crippen LogP contribution < -0.4 is 5.32 Å². The predicted molar refractivity (Wildman–Crippen MR) is 63.9 cm³/mol. The number of hydrogen-bond donors (Lipinski definition) is 3. The van der Waals surface area contributed by atoms with Gasteiger partial charge in [0.1, 0.15) is 0 Å². The van der Waals surface area contributed by atoms with Gasteiger partial charge in [-0.2, -0.15) is 5.10 Å². The lowest BCUT2D eigenvalue weighted by Gasteiger charge is -2.10. The molecule has 0 saturated heterocycles. The summed E-state index contributed by atoms with van der Waals surface area (Å²) in [5.74, 6) is -0.189. The molecular formula is C12H19N3O2. The smallest absolute Gasteiger partial charge is 0.272 e. The summed E-state index contributed by atoms with van der Waals surface area (Å²) < 4.78 is 0. The summed E-state index contributed by atoms with van der Waals surface area (Å²) >= 11 is 0. The van der Waals surface area contributed by atoms with E-state index in [9.17, 15) is 4.79 Å². The molecule has 2 rings (SSSR count). The van der Waals surface area contributed by atoms with Crippen molar-refractivity contribution in [3.05, 3.63) is 17.0 Å². The Morgan fingerprint density at radius 1 is 1.47 bits per heavy atom. The maximum Gasteiger partial charge on any atom is 0.272 e. The van der Waals surface area contributed by atoms with Crippen LogP contribution in [-0.2, 0) is 12.8 Å². The minimum absolute atomic E-state index is 0.0572. The molecule has 0 aromatic carbocycles. The molecule has 0 bridgehead atoms. The molecule has 17 heavy (non-hydrogen) atoms. The maximum absolute atomic E-state index is 12.0. The largest absolute Gasteiger partial charge is 0.394 e. The third-order valence-corrected chi connectivity index (χ3v) is 3.17. The number of aromatic amines is 1. The summed E-state index contributed by atoms with van der Waals surface area (Å²) in [5.41, 5.74) is 2.66. The molecule has 1 aromatic rings. The summed E-state index contributed by atoms with van der Waals surface area (Å²) in [6, 6.07) is -0.236. The molecule has 5 nitrogen and oxygen atoms in total. The minimum Gasteiger partial charge on any atom is -0.394 e. The zero-order chi connectivity index (χ0) is 12.3. The molecule has 1 aliphatic rings. The number of nitrogens with zero attached hydrogens (tertiary/aromatic N) is 1. The highest BCUT2D eigenvalue weighted by molar-refractivity contribution is 5.94. The third-order valence-electron chi connectivity index (χ3n) is 3.17. The molecule has 3 N–H and O–H groups in total. The van der Waals surface area contributed by atoms with Crippen LogP contribution in [0.15, 0.2) is 0 Å². The van der Waals surface area contributed by atoms with Crippen molar-refractivity contribution in [1.29, 1.82) is 0 Å². The molecule has 5 heteroatoms. The average molecular weight is 237 g/mol. The zero-order valence-electron chi connectivity index (χ0n) is 10.1. The normalized spacial score (nSPS) is 17.1. The highest BCUT2D eigenvalue weighted by Crippen LogP contribution is 2.21. The Balaban J connectivity index is 2.15.